The summed E-state index contributed by atoms with van der Waals surface area (Å²) in [6.45, 7) is 12.5. The summed E-state index contributed by atoms with van der Waals surface area (Å²) in [4.78, 5) is 15.3. The molecule has 9 nitrogen and oxygen atoms in total. The fourth-order valence-electron chi connectivity index (χ4n) is 4.57. The molecule has 0 aliphatic carbocycles. The second-order valence-corrected chi connectivity index (χ2v) is 8.97. The zero-order chi connectivity index (χ0) is 23.4. The van der Waals surface area contributed by atoms with E-state index < -0.39 is 4.92 Å². The van der Waals surface area contributed by atoms with Crippen molar-refractivity contribution in [3.05, 3.63) is 57.1 Å². The molecule has 3 saturated heterocycles. The Morgan fingerprint density at radius 2 is 1.82 bits per heavy atom. The molecule has 0 saturated carbocycles. The number of likely N-dealkylation sites (N-methyl/N-ethyl adjacent to an activating group) is 1. The predicted octanol–water partition coefficient (Wildman–Crippen LogP) is 4.51. The van der Waals surface area contributed by atoms with E-state index in [1.54, 1.807) is 0 Å². The number of rotatable bonds is 8. The predicted molar refractivity (Wildman–Crippen MR) is 127 cm³/mol. The van der Waals surface area contributed by atoms with E-state index >= 15 is 0 Å². The standard InChI is InChI=1S/C23H27ClN7O2/c1-2-29(10-14-31-11-7-28(8-12-31)9-13-31)19-3-6-23(21(24)16-19)27-26-22-5-4-20(30(32)33)15-18(22)17-25/h3-6,15-16H,2,7-14H2,1H3/q+1/b27-26+. The Hall–Kier alpha value is -3.06. The lowest BCUT2D eigenvalue weighted by molar-refractivity contribution is -0.939. The number of benzene rings is 2. The number of fused-ring (bicyclic) bond motifs is 3. The van der Waals surface area contributed by atoms with Crippen LogP contribution in [0.1, 0.15) is 12.5 Å². The topological polar surface area (TPSA) is 98.1 Å². The van der Waals surface area contributed by atoms with Crippen LogP contribution in [0.3, 0.4) is 0 Å². The molecule has 172 valence electrons. The van der Waals surface area contributed by atoms with E-state index in [0.717, 1.165) is 25.3 Å². The van der Waals surface area contributed by atoms with Crippen LogP contribution in [0.4, 0.5) is 22.7 Å². The Labute approximate surface area is 198 Å². The van der Waals surface area contributed by atoms with Crippen LogP contribution in [0.15, 0.2) is 46.6 Å². The quantitative estimate of drug-likeness (QED) is 0.246. The molecule has 0 spiro atoms. The average Bonchev–Trinajstić information content (AvgIpc) is 2.84. The SMILES string of the molecule is CCN(CC[N+]12CCN(CC1)CC2)c1ccc(/N=N/c2ccc([N+](=O)[O-])cc2C#N)c(Cl)c1. The van der Waals surface area contributed by atoms with Crippen molar-refractivity contribution in [2.24, 2.45) is 10.2 Å². The zero-order valence-electron chi connectivity index (χ0n) is 18.7. The number of azo groups is 1. The van der Waals surface area contributed by atoms with Crippen LogP contribution in [0, 0.1) is 21.4 Å². The van der Waals surface area contributed by atoms with Gasteiger partial charge in [0.05, 0.1) is 48.2 Å². The molecular weight excluding hydrogens is 442 g/mol. The van der Waals surface area contributed by atoms with Crippen LogP contribution in [-0.2, 0) is 0 Å². The number of nitro benzene ring substituents is 1. The van der Waals surface area contributed by atoms with Crippen LogP contribution in [0.5, 0.6) is 0 Å². The van der Waals surface area contributed by atoms with Crippen molar-refractivity contribution < 1.29 is 9.41 Å². The first kappa shape index (κ1) is 23.1. The summed E-state index contributed by atoms with van der Waals surface area (Å²) in [6.07, 6.45) is 0. The largest absolute Gasteiger partial charge is 0.366 e. The first-order chi connectivity index (χ1) is 15.9. The molecule has 0 atom stereocenters. The van der Waals surface area contributed by atoms with Gasteiger partial charge in [0.1, 0.15) is 17.4 Å². The summed E-state index contributed by atoms with van der Waals surface area (Å²) in [6, 6.07) is 11.5. The molecule has 5 rings (SSSR count). The molecule has 10 heteroatoms. The zero-order valence-corrected chi connectivity index (χ0v) is 19.4. The van der Waals surface area contributed by atoms with Gasteiger partial charge in [-0.15, -0.1) is 10.2 Å². The minimum Gasteiger partial charge on any atom is -0.366 e. The number of quaternary nitrogens is 1. The van der Waals surface area contributed by atoms with Crippen LogP contribution >= 0.6 is 11.6 Å². The van der Waals surface area contributed by atoms with Gasteiger partial charge in [-0.25, -0.2) is 0 Å². The highest BCUT2D eigenvalue weighted by atomic mass is 35.5. The molecule has 3 aliphatic rings. The molecule has 3 heterocycles. The van der Waals surface area contributed by atoms with Gasteiger partial charge in [-0.3, -0.25) is 15.0 Å². The van der Waals surface area contributed by atoms with Crippen molar-refractivity contribution >= 4 is 34.4 Å². The van der Waals surface area contributed by atoms with Crippen molar-refractivity contribution in [2.45, 2.75) is 6.92 Å². The first-order valence-electron chi connectivity index (χ1n) is 11.2. The maximum atomic E-state index is 10.9. The molecule has 2 bridgehead atoms. The highest BCUT2D eigenvalue weighted by molar-refractivity contribution is 6.33. The summed E-state index contributed by atoms with van der Waals surface area (Å²) in [5.41, 5.74) is 1.71. The number of nitro groups is 1. The fraction of sp³-hybridized carbons (Fsp3) is 0.435. The van der Waals surface area contributed by atoms with Gasteiger partial charge in [-0.05, 0) is 31.2 Å². The Balaban J connectivity index is 1.46. The molecule has 2 aromatic rings. The van der Waals surface area contributed by atoms with Crippen LogP contribution in [0.2, 0.25) is 5.02 Å². The Morgan fingerprint density at radius 3 is 2.42 bits per heavy atom. The van der Waals surface area contributed by atoms with Gasteiger partial charge in [0.15, 0.2) is 0 Å². The molecule has 0 N–H and O–H groups in total. The van der Waals surface area contributed by atoms with Crippen molar-refractivity contribution in [3.8, 4) is 6.07 Å². The van der Waals surface area contributed by atoms with Gasteiger partial charge < -0.3 is 9.38 Å². The van der Waals surface area contributed by atoms with Crippen molar-refractivity contribution in [3.63, 3.8) is 0 Å². The van der Waals surface area contributed by atoms with Crippen molar-refractivity contribution in [2.75, 3.05) is 63.8 Å². The Bertz CT molecular complexity index is 1090. The van der Waals surface area contributed by atoms with Gasteiger partial charge in [-0.2, -0.15) is 5.26 Å². The second kappa shape index (κ2) is 9.83. The van der Waals surface area contributed by atoms with E-state index in [2.05, 4.69) is 27.0 Å². The third-order valence-electron chi connectivity index (χ3n) is 6.77. The number of halogens is 1. The molecule has 0 radical (unpaired) electrons. The Kier molecular flexibility index (Phi) is 6.88. The minimum atomic E-state index is -0.549. The molecular formula is C23H27ClN7O2+. The number of nitriles is 1. The van der Waals surface area contributed by atoms with E-state index in [4.69, 9.17) is 11.6 Å². The van der Waals surface area contributed by atoms with E-state index in [-0.39, 0.29) is 16.9 Å². The third-order valence-corrected chi connectivity index (χ3v) is 7.07. The van der Waals surface area contributed by atoms with E-state index in [1.165, 1.54) is 62.0 Å². The highest BCUT2D eigenvalue weighted by Crippen LogP contribution is 2.32. The summed E-state index contributed by atoms with van der Waals surface area (Å²) in [7, 11) is 0. The first-order valence-corrected chi connectivity index (χ1v) is 11.5. The van der Waals surface area contributed by atoms with E-state index in [9.17, 15) is 15.4 Å². The molecule has 3 fully saturated rings. The molecule has 2 aromatic carbocycles. The van der Waals surface area contributed by atoms with Gasteiger partial charge in [0.2, 0.25) is 0 Å². The summed E-state index contributed by atoms with van der Waals surface area (Å²) < 4.78 is 1.21. The monoisotopic (exact) mass is 468 g/mol. The minimum absolute atomic E-state index is 0.0869. The maximum absolute atomic E-state index is 10.9. The molecule has 3 aliphatic heterocycles. The number of hydrogen-bond acceptors (Lipinski definition) is 7. The molecule has 33 heavy (non-hydrogen) atoms. The lowest BCUT2D eigenvalue weighted by Gasteiger charge is -2.51. The van der Waals surface area contributed by atoms with E-state index in [1.807, 2.05) is 24.3 Å². The van der Waals surface area contributed by atoms with Crippen LogP contribution in [0.25, 0.3) is 0 Å². The summed E-state index contributed by atoms with van der Waals surface area (Å²) in [5, 5.41) is 28.9. The number of piperazine rings is 3. The smallest absolute Gasteiger partial charge is 0.270 e. The van der Waals surface area contributed by atoms with Crippen molar-refractivity contribution in [1.29, 1.82) is 5.26 Å². The highest BCUT2D eigenvalue weighted by Gasteiger charge is 2.38. The third kappa shape index (κ3) is 5.14. The average molecular weight is 469 g/mol. The number of anilines is 1. The number of non-ortho nitro benzene ring substituents is 1. The lowest BCUT2D eigenvalue weighted by Crippen LogP contribution is -2.68. The van der Waals surface area contributed by atoms with Crippen LogP contribution in [-0.4, -0.2) is 73.2 Å². The fourth-order valence-corrected chi connectivity index (χ4v) is 4.78. The molecule has 0 amide bonds. The maximum Gasteiger partial charge on any atom is 0.270 e. The lowest BCUT2D eigenvalue weighted by atomic mass is 10.1. The second-order valence-electron chi connectivity index (χ2n) is 8.56. The molecule has 0 unspecified atom stereocenters. The van der Waals surface area contributed by atoms with Gasteiger partial charge >= 0.3 is 0 Å². The number of nitrogens with zero attached hydrogens (tertiary/aromatic N) is 7. The van der Waals surface area contributed by atoms with Crippen molar-refractivity contribution in [1.82, 2.24) is 4.90 Å². The van der Waals surface area contributed by atoms with Gasteiger partial charge in [0.25, 0.3) is 5.69 Å². The summed E-state index contributed by atoms with van der Waals surface area (Å²) in [5.74, 6) is 0. The van der Waals surface area contributed by atoms with Crippen LogP contribution < -0.4 is 4.90 Å². The van der Waals surface area contributed by atoms with Gasteiger partial charge in [0, 0.05) is 44.0 Å². The molecule has 0 aromatic heterocycles. The normalized spacial score (nSPS) is 21.8. The Morgan fingerprint density at radius 1 is 1.15 bits per heavy atom. The summed E-state index contributed by atoms with van der Waals surface area (Å²) >= 11 is 6.50. The van der Waals surface area contributed by atoms with Gasteiger partial charge in [-0.1, -0.05) is 11.6 Å². The van der Waals surface area contributed by atoms with E-state index in [0.29, 0.717) is 10.7 Å². The number of hydrogen-bond donors (Lipinski definition) is 0.